The number of aromatic nitrogens is 2. The molecule has 1 fully saturated rings. The van der Waals surface area contributed by atoms with Crippen LogP contribution in [0.25, 0.3) is 0 Å². The van der Waals surface area contributed by atoms with E-state index < -0.39 is 5.60 Å². The molecule has 90 valence electrons. The third-order valence-corrected chi connectivity index (χ3v) is 3.90. The average Bonchev–Trinajstić information content (AvgIpc) is 2.43. The Balaban J connectivity index is 2.21. The molecular formula is C12H19ClN2O. The molecule has 0 saturated heterocycles. The van der Waals surface area contributed by atoms with Crippen LogP contribution in [0.3, 0.4) is 0 Å². The Kier molecular flexibility index (Phi) is 3.01. The Morgan fingerprint density at radius 3 is 2.69 bits per heavy atom. The van der Waals surface area contributed by atoms with E-state index in [1.807, 2.05) is 18.5 Å². The molecule has 0 aliphatic heterocycles. The lowest BCUT2D eigenvalue weighted by molar-refractivity contribution is -0.0678. The van der Waals surface area contributed by atoms with Gasteiger partial charge in [0.25, 0.3) is 0 Å². The Bertz CT molecular complexity index is 394. The minimum absolute atomic E-state index is 0.553. The van der Waals surface area contributed by atoms with Gasteiger partial charge in [-0.15, -0.1) is 0 Å². The highest BCUT2D eigenvalue weighted by Gasteiger charge is 2.41. The quantitative estimate of drug-likeness (QED) is 0.885. The monoisotopic (exact) mass is 242 g/mol. The van der Waals surface area contributed by atoms with E-state index in [0.29, 0.717) is 12.3 Å². The van der Waals surface area contributed by atoms with Gasteiger partial charge in [-0.05, 0) is 32.6 Å². The number of rotatable bonds is 3. The van der Waals surface area contributed by atoms with Crippen LogP contribution in [0, 0.1) is 12.8 Å². The van der Waals surface area contributed by atoms with Crippen molar-refractivity contribution in [3.63, 3.8) is 0 Å². The predicted octanol–water partition coefficient (Wildman–Crippen LogP) is 2.57. The predicted molar refractivity (Wildman–Crippen MR) is 64.7 cm³/mol. The molecule has 3 nitrogen and oxygen atoms in total. The molecule has 1 aromatic rings. The summed E-state index contributed by atoms with van der Waals surface area (Å²) in [6, 6.07) is 0. The molecule has 1 saturated carbocycles. The molecule has 0 atom stereocenters. The van der Waals surface area contributed by atoms with Gasteiger partial charge in [-0.25, -0.2) is 0 Å². The van der Waals surface area contributed by atoms with Gasteiger partial charge in [0.2, 0.25) is 0 Å². The van der Waals surface area contributed by atoms with E-state index in [2.05, 4.69) is 12.0 Å². The Hall–Kier alpha value is -0.540. The molecule has 0 spiro atoms. The van der Waals surface area contributed by atoms with Gasteiger partial charge >= 0.3 is 0 Å². The van der Waals surface area contributed by atoms with Crippen LogP contribution in [0.15, 0.2) is 0 Å². The summed E-state index contributed by atoms with van der Waals surface area (Å²) in [4.78, 5) is 0. The van der Waals surface area contributed by atoms with Crippen LogP contribution in [0.4, 0.5) is 0 Å². The first-order valence-corrected chi connectivity index (χ1v) is 6.27. The second-order valence-corrected chi connectivity index (χ2v) is 5.45. The largest absolute Gasteiger partial charge is 0.389 e. The van der Waals surface area contributed by atoms with E-state index in [9.17, 15) is 5.11 Å². The van der Waals surface area contributed by atoms with Crippen molar-refractivity contribution in [3.05, 3.63) is 16.4 Å². The lowest BCUT2D eigenvalue weighted by Gasteiger charge is -2.42. The van der Waals surface area contributed by atoms with Crippen molar-refractivity contribution < 1.29 is 5.11 Å². The molecule has 1 aromatic heterocycles. The summed E-state index contributed by atoms with van der Waals surface area (Å²) in [6.45, 7) is 6.91. The standard InChI is InChI=1S/C12H19ClN2O/c1-4-15-10(11(13)9(3)14-15)7-12(16)5-8(2)6-12/h8,16H,4-7H2,1-3H3. The highest BCUT2D eigenvalue weighted by Crippen LogP contribution is 2.41. The maximum Gasteiger partial charge on any atom is 0.0848 e. The summed E-state index contributed by atoms with van der Waals surface area (Å²) in [5.41, 5.74) is 1.29. The van der Waals surface area contributed by atoms with Gasteiger partial charge in [0.05, 0.1) is 22.0 Å². The number of halogens is 1. The molecule has 16 heavy (non-hydrogen) atoms. The van der Waals surface area contributed by atoms with Crippen LogP contribution >= 0.6 is 11.6 Å². The first-order chi connectivity index (χ1) is 7.45. The van der Waals surface area contributed by atoms with Crippen molar-refractivity contribution in [2.24, 2.45) is 5.92 Å². The molecular weight excluding hydrogens is 224 g/mol. The summed E-state index contributed by atoms with van der Waals surface area (Å²) >= 11 is 6.22. The van der Waals surface area contributed by atoms with Crippen molar-refractivity contribution in [2.75, 3.05) is 0 Å². The fourth-order valence-corrected chi connectivity index (χ4v) is 2.93. The average molecular weight is 243 g/mol. The molecule has 0 bridgehead atoms. The van der Waals surface area contributed by atoms with Crippen molar-refractivity contribution in [1.29, 1.82) is 0 Å². The Morgan fingerprint density at radius 2 is 2.19 bits per heavy atom. The molecule has 1 aliphatic rings. The van der Waals surface area contributed by atoms with Gasteiger partial charge in [0, 0.05) is 13.0 Å². The van der Waals surface area contributed by atoms with Crippen LogP contribution < -0.4 is 0 Å². The van der Waals surface area contributed by atoms with Crippen LogP contribution in [-0.4, -0.2) is 20.5 Å². The first-order valence-electron chi connectivity index (χ1n) is 5.89. The summed E-state index contributed by atoms with van der Waals surface area (Å²) in [7, 11) is 0. The van der Waals surface area contributed by atoms with E-state index in [-0.39, 0.29) is 0 Å². The van der Waals surface area contributed by atoms with E-state index in [4.69, 9.17) is 11.6 Å². The van der Waals surface area contributed by atoms with Crippen molar-refractivity contribution in [1.82, 2.24) is 9.78 Å². The lowest BCUT2D eigenvalue weighted by Crippen LogP contribution is -2.45. The number of aryl methyl sites for hydroxylation is 2. The molecule has 0 unspecified atom stereocenters. The molecule has 1 heterocycles. The minimum atomic E-state index is -0.553. The molecule has 0 aromatic carbocycles. The molecule has 1 N–H and O–H groups in total. The zero-order valence-electron chi connectivity index (χ0n) is 10.1. The normalized spacial score (nSPS) is 29.2. The van der Waals surface area contributed by atoms with Gasteiger partial charge in [-0.3, -0.25) is 4.68 Å². The van der Waals surface area contributed by atoms with Crippen LogP contribution in [0.1, 0.15) is 38.1 Å². The number of nitrogens with zero attached hydrogens (tertiary/aromatic N) is 2. The maximum atomic E-state index is 10.3. The molecule has 4 heteroatoms. The van der Waals surface area contributed by atoms with Crippen LogP contribution in [0.2, 0.25) is 5.02 Å². The summed E-state index contributed by atoms with van der Waals surface area (Å²) in [6.07, 6.45) is 2.37. The zero-order valence-corrected chi connectivity index (χ0v) is 10.9. The molecule has 0 amide bonds. The van der Waals surface area contributed by atoms with Crippen LogP contribution in [-0.2, 0) is 13.0 Å². The SMILES string of the molecule is CCn1nc(C)c(Cl)c1CC1(O)CC(C)C1. The number of hydrogen-bond acceptors (Lipinski definition) is 2. The summed E-state index contributed by atoms with van der Waals surface area (Å²) in [5, 5.41) is 15.4. The van der Waals surface area contributed by atoms with E-state index in [0.717, 1.165) is 35.8 Å². The second kappa shape index (κ2) is 4.04. The van der Waals surface area contributed by atoms with E-state index >= 15 is 0 Å². The van der Waals surface area contributed by atoms with Crippen molar-refractivity contribution in [2.45, 2.75) is 52.2 Å². The van der Waals surface area contributed by atoms with Gasteiger partial charge < -0.3 is 5.11 Å². The summed E-state index contributed by atoms with van der Waals surface area (Å²) in [5.74, 6) is 0.628. The first kappa shape index (κ1) is 11.9. The zero-order chi connectivity index (χ0) is 11.9. The fourth-order valence-electron chi connectivity index (χ4n) is 2.73. The van der Waals surface area contributed by atoms with Gasteiger partial charge in [-0.2, -0.15) is 5.10 Å². The van der Waals surface area contributed by atoms with E-state index in [1.54, 1.807) is 0 Å². The number of aliphatic hydroxyl groups is 1. The van der Waals surface area contributed by atoms with Gasteiger partial charge in [-0.1, -0.05) is 18.5 Å². The number of hydrogen-bond donors (Lipinski definition) is 1. The smallest absolute Gasteiger partial charge is 0.0848 e. The highest BCUT2D eigenvalue weighted by atomic mass is 35.5. The Morgan fingerprint density at radius 1 is 1.56 bits per heavy atom. The van der Waals surface area contributed by atoms with E-state index in [1.165, 1.54) is 0 Å². The third-order valence-electron chi connectivity index (χ3n) is 3.41. The second-order valence-electron chi connectivity index (χ2n) is 5.08. The fraction of sp³-hybridized carbons (Fsp3) is 0.750. The van der Waals surface area contributed by atoms with Crippen LogP contribution in [0.5, 0.6) is 0 Å². The molecule has 0 radical (unpaired) electrons. The third kappa shape index (κ3) is 1.98. The summed E-state index contributed by atoms with van der Waals surface area (Å²) < 4.78 is 1.90. The maximum absolute atomic E-state index is 10.3. The highest BCUT2D eigenvalue weighted by molar-refractivity contribution is 6.31. The van der Waals surface area contributed by atoms with Crippen molar-refractivity contribution in [3.8, 4) is 0 Å². The van der Waals surface area contributed by atoms with Gasteiger partial charge in [0.15, 0.2) is 0 Å². The molecule has 1 aliphatic carbocycles. The Labute approximate surface area is 101 Å². The lowest BCUT2D eigenvalue weighted by atomic mass is 9.69. The minimum Gasteiger partial charge on any atom is -0.389 e. The topological polar surface area (TPSA) is 38.0 Å². The van der Waals surface area contributed by atoms with Gasteiger partial charge in [0.1, 0.15) is 0 Å². The molecule has 2 rings (SSSR count). The van der Waals surface area contributed by atoms with Crippen molar-refractivity contribution >= 4 is 11.6 Å².